The Morgan fingerprint density at radius 2 is 0.700 bits per heavy atom. The summed E-state index contributed by atoms with van der Waals surface area (Å²) in [6.07, 6.45) is 71.4. The summed E-state index contributed by atoms with van der Waals surface area (Å²) in [4.78, 5) is 12.4. The predicted octanol–water partition coefficient (Wildman–Crippen LogP) is 17.5. The normalized spacial score (nSPS) is 13.2. The van der Waals surface area contributed by atoms with E-state index in [-0.39, 0.29) is 12.5 Å². The number of hydrogen-bond acceptors (Lipinski definition) is 3. The Morgan fingerprint density at radius 3 is 1.07 bits per heavy atom. The lowest BCUT2D eigenvalue weighted by atomic mass is 10.0. The zero-order chi connectivity index (χ0) is 43.5. The summed E-state index contributed by atoms with van der Waals surface area (Å²) in [6.45, 7) is 4.27. The first-order valence-electron chi connectivity index (χ1n) is 26.9. The van der Waals surface area contributed by atoms with Gasteiger partial charge in [-0.25, -0.2) is 0 Å². The summed E-state index contributed by atoms with van der Waals surface area (Å²) in [6, 6.07) is -0.636. The van der Waals surface area contributed by atoms with Gasteiger partial charge < -0.3 is 15.5 Å². The molecule has 60 heavy (non-hydrogen) atoms. The predicted molar refractivity (Wildman–Crippen MR) is 267 cm³/mol. The standard InChI is InChI=1S/C56H105NO3/c1-3-5-7-9-11-13-15-16-17-18-19-20-21-22-23-24-25-26-27-28-29-30-31-32-33-34-35-36-37-38-39-40-42-44-46-48-50-52-56(60)57-54(53-58)55(59)51-49-47-45-43-41-14-12-10-8-6-4-2/h15-16,18-19,41,43,49,51,54-55,58-59H,3-14,17,20-40,42,44-48,50,52-53H2,1-2H3,(H,57,60)/b16-15-,19-18-,43-41+,51-49+. The molecular formula is C56H105NO3. The van der Waals surface area contributed by atoms with Crippen LogP contribution in [0.25, 0.3) is 0 Å². The number of hydrogen-bond donors (Lipinski definition) is 3. The summed E-state index contributed by atoms with van der Waals surface area (Å²) in [5.41, 5.74) is 0. The number of aliphatic hydroxyl groups excluding tert-OH is 2. The first kappa shape index (κ1) is 58.4. The highest BCUT2D eigenvalue weighted by Crippen LogP contribution is 2.17. The fourth-order valence-corrected chi connectivity index (χ4v) is 8.17. The van der Waals surface area contributed by atoms with Crippen LogP contribution in [0.2, 0.25) is 0 Å². The van der Waals surface area contributed by atoms with Crippen LogP contribution in [0.15, 0.2) is 48.6 Å². The molecule has 0 aromatic carbocycles. The first-order valence-corrected chi connectivity index (χ1v) is 26.9. The van der Waals surface area contributed by atoms with Crippen molar-refractivity contribution in [1.82, 2.24) is 5.32 Å². The second kappa shape index (κ2) is 51.7. The Kier molecular flexibility index (Phi) is 50.3. The number of allylic oxidation sites excluding steroid dienone is 7. The lowest BCUT2D eigenvalue weighted by Crippen LogP contribution is -2.45. The molecule has 0 aliphatic carbocycles. The Labute approximate surface area is 375 Å². The minimum atomic E-state index is -0.859. The number of nitrogens with one attached hydrogen (secondary N) is 1. The number of aliphatic hydroxyl groups is 2. The molecule has 0 radical (unpaired) electrons. The van der Waals surface area contributed by atoms with Gasteiger partial charge in [0.2, 0.25) is 5.91 Å². The van der Waals surface area contributed by atoms with E-state index in [0.29, 0.717) is 6.42 Å². The molecule has 0 fully saturated rings. The number of unbranched alkanes of at least 4 members (excludes halogenated alkanes) is 36. The van der Waals surface area contributed by atoms with E-state index in [9.17, 15) is 15.0 Å². The number of carbonyl (C=O) groups is 1. The average molecular weight is 840 g/mol. The van der Waals surface area contributed by atoms with Crippen molar-refractivity contribution in [3.8, 4) is 0 Å². The van der Waals surface area contributed by atoms with Crippen molar-refractivity contribution in [3.05, 3.63) is 48.6 Å². The molecule has 4 heteroatoms. The van der Waals surface area contributed by atoms with Crippen LogP contribution in [0.5, 0.6) is 0 Å². The van der Waals surface area contributed by atoms with Crippen LogP contribution >= 0.6 is 0 Å². The molecule has 3 N–H and O–H groups in total. The van der Waals surface area contributed by atoms with Crippen molar-refractivity contribution in [3.63, 3.8) is 0 Å². The minimum absolute atomic E-state index is 0.0718. The van der Waals surface area contributed by atoms with E-state index >= 15 is 0 Å². The van der Waals surface area contributed by atoms with Gasteiger partial charge in [0, 0.05) is 6.42 Å². The van der Waals surface area contributed by atoms with Crippen molar-refractivity contribution < 1.29 is 15.0 Å². The van der Waals surface area contributed by atoms with Gasteiger partial charge in [0.15, 0.2) is 0 Å². The number of carbonyl (C=O) groups excluding carboxylic acids is 1. The molecule has 2 atom stereocenters. The molecule has 1 amide bonds. The van der Waals surface area contributed by atoms with Crippen LogP contribution in [-0.4, -0.2) is 34.9 Å². The second-order valence-corrected chi connectivity index (χ2v) is 18.3. The molecule has 0 saturated carbocycles. The first-order chi connectivity index (χ1) is 29.7. The van der Waals surface area contributed by atoms with E-state index in [1.165, 1.54) is 225 Å². The van der Waals surface area contributed by atoms with Gasteiger partial charge in [0.1, 0.15) is 0 Å². The van der Waals surface area contributed by atoms with Crippen molar-refractivity contribution >= 4 is 5.91 Å². The van der Waals surface area contributed by atoms with Crippen LogP contribution in [0.4, 0.5) is 0 Å². The number of amides is 1. The minimum Gasteiger partial charge on any atom is -0.394 e. The molecule has 0 heterocycles. The molecule has 4 nitrogen and oxygen atoms in total. The highest BCUT2D eigenvalue weighted by molar-refractivity contribution is 5.76. The van der Waals surface area contributed by atoms with E-state index < -0.39 is 12.1 Å². The fourth-order valence-electron chi connectivity index (χ4n) is 8.17. The molecular weight excluding hydrogens is 735 g/mol. The fraction of sp³-hybridized carbons (Fsp3) is 0.839. The highest BCUT2D eigenvalue weighted by Gasteiger charge is 2.17. The van der Waals surface area contributed by atoms with Crippen LogP contribution in [0.3, 0.4) is 0 Å². The Balaban J connectivity index is 3.39. The second-order valence-electron chi connectivity index (χ2n) is 18.3. The smallest absolute Gasteiger partial charge is 0.220 e. The van der Waals surface area contributed by atoms with Crippen LogP contribution in [-0.2, 0) is 4.79 Å². The van der Waals surface area contributed by atoms with Crippen molar-refractivity contribution in [2.45, 2.75) is 296 Å². The van der Waals surface area contributed by atoms with Crippen LogP contribution in [0.1, 0.15) is 284 Å². The van der Waals surface area contributed by atoms with Crippen molar-refractivity contribution in [2.24, 2.45) is 0 Å². The average Bonchev–Trinajstić information content (AvgIpc) is 3.25. The quantitative estimate of drug-likeness (QED) is 0.0422. The van der Waals surface area contributed by atoms with E-state index in [2.05, 4.69) is 55.6 Å². The number of rotatable bonds is 49. The molecule has 0 spiro atoms. The van der Waals surface area contributed by atoms with Gasteiger partial charge in [-0.2, -0.15) is 0 Å². The van der Waals surface area contributed by atoms with E-state index in [4.69, 9.17) is 0 Å². The maximum atomic E-state index is 12.4. The molecule has 0 aromatic rings. The Hall–Kier alpha value is -1.65. The summed E-state index contributed by atoms with van der Waals surface area (Å²) in [5, 5.41) is 23.0. The lowest BCUT2D eigenvalue weighted by molar-refractivity contribution is -0.123. The molecule has 2 unspecified atom stereocenters. The van der Waals surface area contributed by atoms with Crippen molar-refractivity contribution in [2.75, 3.05) is 6.61 Å². The topological polar surface area (TPSA) is 69.6 Å². The van der Waals surface area contributed by atoms with Gasteiger partial charge in [-0.3, -0.25) is 4.79 Å². The van der Waals surface area contributed by atoms with Crippen molar-refractivity contribution in [1.29, 1.82) is 0 Å². The molecule has 0 aliphatic heterocycles. The Morgan fingerprint density at radius 1 is 0.400 bits per heavy atom. The maximum absolute atomic E-state index is 12.4. The summed E-state index contributed by atoms with van der Waals surface area (Å²) in [7, 11) is 0. The third-order valence-electron chi connectivity index (χ3n) is 12.3. The van der Waals surface area contributed by atoms with Gasteiger partial charge in [-0.05, 0) is 64.2 Å². The van der Waals surface area contributed by atoms with Gasteiger partial charge in [-0.15, -0.1) is 0 Å². The van der Waals surface area contributed by atoms with Gasteiger partial charge in [0.05, 0.1) is 18.8 Å². The third kappa shape index (κ3) is 47.4. The molecule has 0 aromatic heterocycles. The van der Waals surface area contributed by atoms with Crippen LogP contribution < -0.4 is 5.32 Å². The van der Waals surface area contributed by atoms with E-state index in [1.807, 2.05) is 6.08 Å². The zero-order valence-electron chi connectivity index (χ0n) is 40.5. The monoisotopic (exact) mass is 840 g/mol. The summed E-state index contributed by atoms with van der Waals surface area (Å²) in [5.74, 6) is -0.0718. The largest absolute Gasteiger partial charge is 0.394 e. The Bertz CT molecular complexity index is 954. The van der Waals surface area contributed by atoms with E-state index in [0.717, 1.165) is 38.5 Å². The molecule has 352 valence electrons. The summed E-state index contributed by atoms with van der Waals surface area (Å²) < 4.78 is 0. The molecule has 0 saturated heterocycles. The lowest BCUT2D eigenvalue weighted by Gasteiger charge is -2.19. The van der Waals surface area contributed by atoms with Crippen LogP contribution in [0, 0.1) is 0 Å². The molecule has 0 aliphatic rings. The maximum Gasteiger partial charge on any atom is 0.220 e. The van der Waals surface area contributed by atoms with Gasteiger partial charge in [-0.1, -0.05) is 262 Å². The van der Waals surface area contributed by atoms with E-state index in [1.54, 1.807) is 6.08 Å². The highest BCUT2D eigenvalue weighted by atomic mass is 16.3. The third-order valence-corrected chi connectivity index (χ3v) is 12.3. The van der Waals surface area contributed by atoms with Gasteiger partial charge >= 0.3 is 0 Å². The SMILES string of the molecule is CCCCCCC/C=C\C/C=C\CCCCCCCCCCCCCCCCCCCCCCCCCCCC(=O)NC(CO)C(O)/C=C/CC/C=C/CCCCCCC. The van der Waals surface area contributed by atoms with Gasteiger partial charge in [0.25, 0.3) is 0 Å². The molecule has 0 bridgehead atoms. The zero-order valence-corrected chi connectivity index (χ0v) is 40.5. The summed E-state index contributed by atoms with van der Waals surface area (Å²) >= 11 is 0. The molecule has 0 rings (SSSR count).